The van der Waals surface area contributed by atoms with Gasteiger partial charge in [-0.05, 0) is 106 Å². The number of aryl methyl sites for hydroxylation is 7. The van der Waals surface area contributed by atoms with Crippen molar-refractivity contribution in [2.45, 2.75) is 60.3 Å². The van der Waals surface area contributed by atoms with Crippen LogP contribution in [0.1, 0.15) is 63.9 Å². The summed E-state index contributed by atoms with van der Waals surface area (Å²) in [5.41, 5.74) is 12.4. The molecule has 0 amide bonds. The SMILES string of the molecule is CCN1CCN=C1c1ccc(CCc2cc(C)cc(CCc3ccc(C4=NCCN4CC)cc3C)c2)c(C)c1. The van der Waals surface area contributed by atoms with E-state index >= 15 is 0 Å². The first kappa shape index (κ1) is 27.2. The molecule has 0 radical (unpaired) electrons. The van der Waals surface area contributed by atoms with Crippen molar-refractivity contribution < 1.29 is 0 Å². The highest BCUT2D eigenvalue weighted by Crippen LogP contribution is 2.21. The average Bonchev–Trinajstić information content (AvgIpc) is 3.61. The number of amidine groups is 2. The van der Waals surface area contributed by atoms with Gasteiger partial charge in [0.25, 0.3) is 0 Å². The van der Waals surface area contributed by atoms with Crippen LogP contribution in [0.25, 0.3) is 0 Å². The summed E-state index contributed by atoms with van der Waals surface area (Å²) in [6, 6.07) is 21.0. The monoisotopic (exact) mass is 520 g/mol. The van der Waals surface area contributed by atoms with E-state index < -0.39 is 0 Å². The van der Waals surface area contributed by atoms with E-state index in [2.05, 4.69) is 99.0 Å². The Morgan fingerprint density at radius 1 is 0.590 bits per heavy atom. The van der Waals surface area contributed by atoms with Crippen LogP contribution in [0.5, 0.6) is 0 Å². The van der Waals surface area contributed by atoms with Crippen molar-refractivity contribution >= 4 is 11.7 Å². The molecule has 0 bridgehead atoms. The summed E-state index contributed by atoms with van der Waals surface area (Å²) < 4.78 is 0. The first-order valence-electron chi connectivity index (χ1n) is 14.8. The van der Waals surface area contributed by atoms with E-state index in [-0.39, 0.29) is 0 Å². The van der Waals surface area contributed by atoms with E-state index in [4.69, 9.17) is 9.98 Å². The number of hydrogen-bond acceptors (Lipinski definition) is 4. The molecule has 3 aromatic carbocycles. The second-order valence-electron chi connectivity index (χ2n) is 11.2. The van der Waals surface area contributed by atoms with Crippen molar-refractivity contribution in [3.63, 3.8) is 0 Å². The minimum atomic E-state index is 0.915. The Balaban J connectivity index is 1.22. The Morgan fingerprint density at radius 3 is 1.46 bits per heavy atom. The molecule has 5 rings (SSSR count). The number of rotatable bonds is 10. The molecule has 0 fully saturated rings. The normalized spacial score (nSPS) is 15.2. The van der Waals surface area contributed by atoms with E-state index in [0.29, 0.717) is 0 Å². The predicted octanol–water partition coefficient (Wildman–Crippen LogP) is 6.35. The van der Waals surface area contributed by atoms with Crippen LogP contribution in [-0.2, 0) is 25.7 Å². The Kier molecular flexibility index (Phi) is 8.50. The van der Waals surface area contributed by atoms with Gasteiger partial charge in [0, 0.05) is 37.3 Å². The predicted molar refractivity (Wildman–Crippen MR) is 166 cm³/mol. The molecule has 2 aliphatic heterocycles. The van der Waals surface area contributed by atoms with Crippen LogP contribution in [0.4, 0.5) is 0 Å². The van der Waals surface area contributed by atoms with Gasteiger partial charge >= 0.3 is 0 Å². The fourth-order valence-corrected chi connectivity index (χ4v) is 6.15. The van der Waals surface area contributed by atoms with Crippen LogP contribution < -0.4 is 0 Å². The lowest BCUT2D eigenvalue weighted by Gasteiger charge is -2.19. The van der Waals surface area contributed by atoms with Crippen LogP contribution in [0, 0.1) is 20.8 Å². The third kappa shape index (κ3) is 6.27. The van der Waals surface area contributed by atoms with Gasteiger partial charge in [-0.3, -0.25) is 9.98 Å². The quantitative estimate of drug-likeness (QED) is 0.312. The highest BCUT2D eigenvalue weighted by atomic mass is 15.2. The van der Waals surface area contributed by atoms with Crippen molar-refractivity contribution in [1.82, 2.24) is 9.80 Å². The maximum Gasteiger partial charge on any atom is 0.131 e. The lowest BCUT2D eigenvalue weighted by Crippen LogP contribution is -2.28. The molecule has 0 aliphatic carbocycles. The summed E-state index contributed by atoms with van der Waals surface area (Å²) in [6.45, 7) is 17.1. The summed E-state index contributed by atoms with van der Waals surface area (Å²) in [4.78, 5) is 14.3. The molecule has 0 N–H and O–H groups in total. The number of hydrogen-bond donors (Lipinski definition) is 0. The first-order valence-corrected chi connectivity index (χ1v) is 14.8. The van der Waals surface area contributed by atoms with Gasteiger partial charge in [-0.1, -0.05) is 48.0 Å². The van der Waals surface area contributed by atoms with Crippen LogP contribution in [0.15, 0.2) is 64.6 Å². The Labute approximate surface area is 235 Å². The van der Waals surface area contributed by atoms with Gasteiger partial charge in [-0.2, -0.15) is 0 Å². The minimum Gasteiger partial charge on any atom is -0.355 e. The molecule has 3 aromatic rings. The molecule has 0 saturated carbocycles. The van der Waals surface area contributed by atoms with Gasteiger partial charge in [0.2, 0.25) is 0 Å². The van der Waals surface area contributed by atoms with Gasteiger partial charge in [0.05, 0.1) is 13.1 Å². The summed E-state index contributed by atoms with van der Waals surface area (Å²) in [6.07, 6.45) is 4.28. The molecule has 0 unspecified atom stereocenters. The van der Waals surface area contributed by atoms with Crippen molar-refractivity contribution in [3.8, 4) is 0 Å². The largest absolute Gasteiger partial charge is 0.355 e. The topological polar surface area (TPSA) is 31.2 Å². The minimum absolute atomic E-state index is 0.915. The Morgan fingerprint density at radius 2 is 1.05 bits per heavy atom. The second kappa shape index (κ2) is 12.2. The molecule has 0 aromatic heterocycles. The summed E-state index contributed by atoms with van der Waals surface area (Å²) in [5.74, 6) is 2.33. The molecular weight excluding hydrogens is 476 g/mol. The van der Waals surface area contributed by atoms with Crippen LogP contribution >= 0.6 is 0 Å². The molecule has 39 heavy (non-hydrogen) atoms. The molecule has 4 nitrogen and oxygen atoms in total. The van der Waals surface area contributed by atoms with Gasteiger partial charge in [0.1, 0.15) is 11.7 Å². The molecule has 204 valence electrons. The fraction of sp³-hybridized carbons (Fsp3) is 0.429. The zero-order valence-corrected chi connectivity index (χ0v) is 24.6. The molecule has 2 aliphatic rings. The molecular formula is C35H44N4. The van der Waals surface area contributed by atoms with E-state index in [9.17, 15) is 0 Å². The molecule has 0 atom stereocenters. The molecule has 2 heterocycles. The third-order valence-corrected chi connectivity index (χ3v) is 8.39. The number of nitrogens with zero attached hydrogens (tertiary/aromatic N) is 4. The molecule has 4 heteroatoms. The van der Waals surface area contributed by atoms with E-state index in [1.54, 1.807) is 0 Å². The standard InChI is InChI=1S/C35H44N4/c1-6-38-18-16-36-34(38)32-14-12-30(26(4)22-32)10-8-28-20-25(3)21-29(24-28)9-11-31-13-15-33(23-27(31)5)35-37-17-19-39(35)7-2/h12-15,20-24H,6-11,16-19H2,1-5H3. The molecule has 0 saturated heterocycles. The van der Waals surface area contributed by atoms with Crippen LogP contribution in [-0.4, -0.2) is 60.7 Å². The van der Waals surface area contributed by atoms with Crippen molar-refractivity contribution in [3.05, 3.63) is 105 Å². The van der Waals surface area contributed by atoms with E-state index in [1.165, 1.54) is 50.1 Å². The van der Waals surface area contributed by atoms with E-state index in [0.717, 1.165) is 76.6 Å². The zero-order chi connectivity index (χ0) is 27.4. The second-order valence-corrected chi connectivity index (χ2v) is 11.2. The summed E-state index contributed by atoms with van der Waals surface area (Å²) >= 11 is 0. The van der Waals surface area contributed by atoms with E-state index in [1.807, 2.05) is 0 Å². The number of aliphatic imine (C=N–C) groups is 2. The van der Waals surface area contributed by atoms with Gasteiger partial charge < -0.3 is 9.80 Å². The van der Waals surface area contributed by atoms with Crippen molar-refractivity contribution in [2.75, 3.05) is 39.3 Å². The van der Waals surface area contributed by atoms with Gasteiger partial charge in [0.15, 0.2) is 0 Å². The fourth-order valence-electron chi connectivity index (χ4n) is 6.15. The lowest BCUT2D eigenvalue weighted by molar-refractivity contribution is 0.484. The third-order valence-electron chi connectivity index (χ3n) is 8.39. The maximum atomic E-state index is 4.75. The van der Waals surface area contributed by atoms with Crippen molar-refractivity contribution in [2.24, 2.45) is 9.98 Å². The summed E-state index contributed by atoms with van der Waals surface area (Å²) in [5, 5.41) is 0. The first-order chi connectivity index (χ1) is 18.9. The average molecular weight is 521 g/mol. The Bertz CT molecular complexity index is 1280. The number of likely N-dealkylation sites (N-methyl/N-ethyl adjacent to an activating group) is 2. The van der Waals surface area contributed by atoms with Crippen molar-refractivity contribution in [1.29, 1.82) is 0 Å². The highest BCUT2D eigenvalue weighted by molar-refractivity contribution is 6.00. The Hall–Kier alpha value is -3.40. The summed E-state index contributed by atoms with van der Waals surface area (Å²) in [7, 11) is 0. The van der Waals surface area contributed by atoms with Crippen LogP contribution in [0.3, 0.4) is 0 Å². The molecule has 0 spiro atoms. The number of benzene rings is 3. The zero-order valence-electron chi connectivity index (χ0n) is 24.6. The van der Waals surface area contributed by atoms with Crippen LogP contribution in [0.2, 0.25) is 0 Å². The highest BCUT2D eigenvalue weighted by Gasteiger charge is 2.18. The lowest BCUT2D eigenvalue weighted by atomic mass is 9.94. The van der Waals surface area contributed by atoms with Gasteiger partial charge in [-0.15, -0.1) is 0 Å². The maximum absolute atomic E-state index is 4.75. The van der Waals surface area contributed by atoms with Gasteiger partial charge in [-0.25, -0.2) is 0 Å². The smallest absolute Gasteiger partial charge is 0.131 e.